The molecule has 43 heavy (non-hydrogen) atoms. The molecule has 3 aromatic rings. The van der Waals surface area contributed by atoms with Crippen LogP contribution in [0.25, 0.3) is 11.1 Å². The van der Waals surface area contributed by atoms with Crippen LogP contribution in [-0.2, 0) is 28.7 Å². The molecule has 1 aromatic heterocycles. The molecule has 2 fully saturated rings. The van der Waals surface area contributed by atoms with Gasteiger partial charge in [-0.1, -0.05) is 29.8 Å². The molecular formula is C33H36F3N3O4. The van der Waals surface area contributed by atoms with E-state index in [2.05, 4.69) is 4.90 Å². The van der Waals surface area contributed by atoms with Gasteiger partial charge in [0.1, 0.15) is 11.9 Å². The largest absolute Gasteiger partial charge is 0.481 e. The maximum Gasteiger partial charge on any atom is 0.416 e. The monoisotopic (exact) mass is 595 g/mol. The number of carboxylic acids is 1. The van der Waals surface area contributed by atoms with E-state index in [1.165, 1.54) is 4.90 Å². The molecule has 7 nitrogen and oxygen atoms in total. The fourth-order valence-corrected chi connectivity index (χ4v) is 5.69. The number of alkyl halides is 3. The Bertz CT molecular complexity index is 1570. The zero-order valence-corrected chi connectivity index (χ0v) is 25.0. The van der Waals surface area contributed by atoms with Crippen molar-refractivity contribution in [3.05, 3.63) is 82.0 Å². The van der Waals surface area contributed by atoms with Gasteiger partial charge in [0.2, 0.25) is 0 Å². The average molecular weight is 596 g/mol. The third-order valence-electron chi connectivity index (χ3n) is 8.42. The number of rotatable bonds is 8. The number of hydrogen-bond acceptors (Lipinski definition) is 5. The Labute approximate surface area is 249 Å². The van der Waals surface area contributed by atoms with E-state index in [4.69, 9.17) is 9.72 Å². The number of carbonyl (C=O) groups is 2. The van der Waals surface area contributed by atoms with Gasteiger partial charge in [-0.15, -0.1) is 0 Å². The van der Waals surface area contributed by atoms with E-state index in [-0.39, 0.29) is 6.54 Å². The highest BCUT2D eigenvalue weighted by atomic mass is 19.4. The predicted octanol–water partition coefficient (Wildman–Crippen LogP) is 7.33. The molecule has 2 atom stereocenters. The number of anilines is 1. The van der Waals surface area contributed by atoms with Crippen molar-refractivity contribution in [1.29, 1.82) is 0 Å². The van der Waals surface area contributed by atoms with Gasteiger partial charge in [0.15, 0.2) is 0 Å². The topological polar surface area (TPSA) is 83.0 Å². The standard InChI is InChI=1S/C33H36F3N3O4/c1-19-13-23(16-24(14-19)33(34,35)36)29-21(3)39(31(42)43-29)18-27-25(9-10-28(37-27)38-11-6-12-38)26-15-22(8-7-20(26)2)17-32(4,5)30(40)41/h7-10,13-16,21,29H,6,11-12,17-18H2,1-5H3,(H,40,41)/t21-,29-/m0/s1. The highest BCUT2D eigenvalue weighted by molar-refractivity contribution is 5.76. The molecule has 3 heterocycles. The van der Waals surface area contributed by atoms with E-state index in [0.29, 0.717) is 23.2 Å². The Kier molecular flexibility index (Phi) is 7.92. The number of cyclic esters (lactones) is 1. The summed E-state index contributed by atoms with van der Waals surface area (Å²) in [6.45, 7) is 10.5. The SMILES string of the molecule is Cc1cc([C@H]2OC(=O)N(Cc3nc(N4CCC4)ccc3-c3cc(CC(C)(C)C(=O)O)ccc3C)[C@H]2C)cc(C(F)(F)F)c1. The van der Waals surface area contributed by atoms with Crippen molar-refractivity contribution < 1.29 is 32.6 Å². The van der Waals surface area contributed by atoms with Gasteiger partial charge in [0.05, 0.1) is 29.3 Å². The van der Waals surface area contributed by atoms with Crippen LogP contribution in [0.2, 0.25) is 0 Å². The van der Waals surface area contributed by atoms with Crippen LogP contribution in [0, 0.1) is 19.3 Å². The lowest BCUT2D eigenvalue weighted by atomic mass is 9.84. The first-order valence-corrected chi connectivity index (χ1v) is 14.4. The maximum absolute atomic E-state index is 13.5. The molecule has 0 radical (unpaired) electrons. The molecule has 0 saturated carbocycles. The number of aliphatic carboxylic acids is 1. The zero-order chi connectivity index (χ0) is 31.3. The molecule has 0 aliphatic carbocycles. The minimum Gasteiger partial charge on any atom is -0.481 e. The van der Waals surface area contributed by atoms with E-state index in [1.807, 2.05) is 37.3 Å². The number of aryl methyl sites for hydroxylation is 2. The van der Waals surface area contributed by atoms with Gasteiger partial charge in [0.25, 0.3) is 0 Å². The molecule has 1 N–H and O–H groups in total. The number of amides is 1. The minimum absolute atomic E-state index is 0.0930. The normalized spacial score (nSPS) is 18.9. The number of benzene rings is 2. The van der Waals surface area contributed by atoms with Crippen LogP contribution < -0.4 is 4.90 Å². The Hall–Kier alpha value is -4.08. The molecule has 5 rings (SSSR count). The molecule has 0 spiro atoms. The van der Waals surface area contributed by atoms with Crippen molar-refractivity contribution in [3.63, 3.8) is 0 Å². The van der Waals surface area contributed by atoms with Crippen molar-refractivity contribution in [2.24, 2.45) is 5.41 Å². The first-order valence-electron chi connectivity index (χ1n) is 14.4. The van der Waals surface area contributed by atoms with Crippen molar-refractivity contribution >= 4 is 17.9 Å². The summed E-state index contributed by atoms with van der Waals surface area (Å²) >= 11 is 0. The maximum atomic E-state index is 13.5. The lowest BCUT2D eigenvalue weighted by Gasteiger charge is -2.33. The summed E-state index contributed by atoms with van der Waals surface area (Å²) in [7, 11) is 0. The van der Waals surface area contributed by atoms with E-state index in [9.17, 15) is 27.9 Å². The summed E-state index contributed by atoms with van der Waals surface area (Å²) in [5.41, 5.74) is 3.12. The van der Waals surface area contributed by atoms with E-state index >= 15 is 0 Å². The van der Waals surface area contributed by atoms with Gasteiger partial charge in [0, 0.05) is 18.7 Å². The van der Waals surface area contributed by atoms with Gasteiger partial charge in [-0.25, -0.2) is 9.78 Å². The van der Waals surface area contributed by atoms with Gasteiger partial charge < -0.3 is 14.7 Å². The molecule has 2 aromatic carbocycles. The second kappa shape index (κ2) is 11.2. The van der Waals surface area contributed by atoms with Gasteiger partial charge >= 0.3 is 18.2 Å². The summed E-state index contributed by atoms with van der Waals surface area (Å²) < 4.78 is 46.3. The number of carboxylic acid groups (broad SMARTS) is 1. The summed E-state index contributed by atoms with van der Waals surface area (Å²) in [4.78, 5) is 33.6. The Morgan fingerprint density at radius 2 is 1.77 bits per heavy atom. The van der Waals surface area contributed by atoms with Crippen LogP contribution in [0.15, 0.2) is 48.5 Å². The third-order valence-corrected chi connectivity index (χ3v) is 8.42. The lowest BCUT2D eigenvalue weighted by Crippen LogP contribution is -2.38. The fourth-order valence-electron chi connectivity index (χ4n) is 5.69. The number of ether oxygens (including phenoxy) is 1. The second-order valence-electron chi connectivity index (χ2n) is 12.3. The molecule has 2 aliphatic heterocycles. The van der Waals surface area contributed by atoms with Crippen LogP contribution in [0.5, 0.6) is 0 Å². The number of aromatic nitrogens is 1. The second-order valence-corrected chi connectivity index (χ2v) is 12.3. The number of pyridine rings is 1. The summed E-state index contributed by atoms with van der Waals surface area (Å²) in [6.07, 6.45) is -4.62. The molecule has 2 saturated heterocycles. The molecule has 1 amide bonds. The Morgan fingerprint density at radius 1 is 1.05 bits per heavy atom. The van der Waals surface area contributed by atoms with Crippen LogP contribution in [0.1, 0.15) is 66.8 Å². The van der Waals surface area contributed by atoms with Gasteiger partial charge in [-0.05, 0) is 94.0 Å². The van der Waals surface area contributed by atoms with Crippen LogP contribution >= 0.6 is 0 Å². The summed E-state index contributed by atoms with van der Waals surface area (Å²) in [5, 5.41) is 9.66. The van der Waals surface area contributed by atoms with Crippen molar-refractivity contribution in [3.8, 4) is 11.1 Å². The summed E-state index contributed by atoms with van der Waals surface area (Å²) in [6, 6.07) is 13.0. The Balaban J connectivity index is 1.51. The average Bonchev–Trinajstić information content (AvgIpc) is 3.16. The molecule has 2 aliphatic rings. The third kappa shape index (κ3) is 6.19. The molecule has 10 heteroatoms. The summed E-state index contributed by atoms with van der Waals surface area (Å²) in [5.74, 6) is -0.0981. The molecule has 0 bridgehead atoms. The van der Waals surface area contributed by atoms with Crippen LogP contribution in [0.3, 0.4) is 0 Å². The number of nitrogens with zero attached hydrogens (tertiary/aromatic N) is 3. The first-order chi connectivity index (χ1) is 20.1. The zero-order valence-electron chi connectivity index (χ0n) is 25.0. The fraction of sp³-hybridized carbons (Fsp3) is 0.424. The van der Waals surface area contributed by atoms with Crippen molar-refractivity contribution in [2.75, 3.05) is 18.0 Å². The van der Waals surface area contributed by atoms with E-state index in [1.54, 1.807) is 33.8 Å². The molecule has 0 unspecified atom stereocenters. The van der Waals surface area contributed by atoms with Crippen LogP contribution in [0.4, 0.5) is 23.8 Å². The lowest BCUT2D eigenvalue weighted by molar-refractivity contribution is -0.146. The smallest absolute Gasteiger partial charge is 0.416 e. The van der Waals surface area contributed by atoms with E-state index < -0.39 is 41.4 Å². The number of hydrogen-bond donors (Lipinski definition) is 1. The quantitative estimate of drug-likeness (QED) is 0.294. The Morgan fingerprint density at radius 3 is 2.40 bits per heavy atom. The van der Waals surface area contributed by atoms with Gasteiger partial charge in [-0.2, -0.15) is 13.2 Å². The highest BCUT2D eigenvalue weighted by Crippen LogP contribution is 2.39. The van der Waals surface area contributed by atoms with E-state index in [0.717, 1.165) is 59.7 Å². The van der Waals surface area contributed by atoms with Gasteiger partial charge in [-0.3, -0.25) is 9.69 Å². The van der Waals surface area contributed by atoms with Crippen molar-refractivity contribution in [1.82, 2.24) is 9.88 Å². The first kappa shape index (κ1) is 30.4. The molecule has 228 valence electrons. The molecular weight excluding hydrogens is 559 g/mol. The predicted molar refractivity (Wildman–Crippen MR) is 157 cm³/mol. The van der Waals surface area contributed by atoms with Crippen molar-refractivity contribution in [2.45, 2.75) is 72.3 Å². The minimum atomic E-state index is -4.52. The number of carbonyl (C=O) groups excluding carboxylic acids is 1. The highest BCUT2D eigenvalue weighted by Gasteiger charge is 2.41. The van der Waals surface area contributed by atoms with Crippen LogP contribution in [-0.4, -0.2) is 46.2 Å². The number of halogens is 3.